The summed E-state index contributed by atoms with van der Waals surface area (Å²) in [6, 6.07) is 6.45. The van der Waals surface area contributed by atoms with Crippen molar-refractivity contribution in [1.29, 1.82) is 0 Å². The topological polar surface area (TPSA) is 54.9 Å². The van der Waals surface area contributed by atoms with Crippen molar-refractivity contribution in [2.75, 3.05) is 0 Å². The Morgan fingerprint density at radius 2 is 2.13 bits per heavy atom. The third kappa shape index (κ3) is 3.57. The van der Waals surface area contributed by atoms with Crippen LogP contribution in [0.15, 0.2) is 48.1 Å². The SMILES string of the molecule is O=C(NCc1csc(-c2cccnc2)n1)c1cc(F)ccc1F. The molecule has 3 rings (SSSR count). The molecule has 0 radical (unpaired) electrons. The predicted octanol–water partition coefficient (Wildman–Crippen LogP) is 3.41. The van der Waals surface area contributed by atoms with E-state index in [-0.39, 0.29) is 12.1 Å². The van der Waals surface area contributed by atoms with Crippen molar-refractivity contribution in [3.05, 3.63) is 71.0 Å². The minimum absolute atomic E-state index is 0.131. The number of halogens is 2. The van der Waals surface area contributed by atoms with Crippen molar-refractivity contribution in [2.45, 2.75) is 6.54 Å². The molecule has 0 saturated carbocycles. The first-order valence-corrected chi connectivity index (χ1v) is 7.59. The molecule has 0 spiro atoms. The molecule has 7 heteroatoms. The zero-order valence-corrected chi connectivity index (χ0v) is 12.6. The number of nitrogens with one attached hydrogen (secondary N) is 1. The lowest BCUT2D eigenvalue weighted by Gasteiger charge is -2.04. The van der Waals surface area contributed by atoms with Gasteiger partial charge < -0.3 is 5.32 Å². The Hall–Kier alpha value is -2.67. The monoisotopic (exact) mass is 331 g/mol. The van der Waals surface area contributed by atoms with E-state index < -0.39 is 17.5 Å². The van der Waals surface area contributed by atoms with Gasteiger partial charge in [0.05, 0.1) is 17.8 Å². The van der Waals surface area contributed by atoms with E-state index in [0.29, 0.717) is 5.69 Å². The Kier molecular flexibility index (Phi) is 4.38. The molecule has 2 heterocycles. The summed E-state index contributed by atoms with van der Waals surface area (Å²) in [5.41, 5.74) is 1.19. The highest BCUT2D eigenvalue weighted by atomic mass is 32.1. The maximum Gasteiger partial charge on any atom is 0.254 e. The normalized spacial score (nSPS) is 10.5. The van der Waals surface area contributed by atoms with Gasteiger partial charge in [-0.05, 0) is 30.3 Å². The summed E-state index contributed by atoms with van der Waals surface area (Å²) < 4.78 is 26.6. The molecule has 0 saturated heterocycles. The number of carbonyl (C=O) groups excluding carboxylic acids is 1. The highest BCUT2D eigenvalue weighted by Gasteiger charge is 2.13. The molecule has 0 atom stereocenters. The number of amides is 1. The molecule has 116 valence electrons. The van der Waals surface area contributed by atoms with E-state index >= 15 is 0 Å². The Bertz CT molecular complexity index is 836. The van der Waals surface area contributed by atoms with Crippen LogP contribution in [0.4, 0.5) is 8.78 Å². The number of hydrogen-bond acceptors (Lipinski definition) is 4. The molecule has 0 unspecified atom stereocenters. The summed E-state index contributed by atoms with van der Waals surface area (Å²) >= 11 is 1.42. The second-order valence-corrected chi connectivity index (χ2v) is 5.55. The van der Waals surface area contributed by atoms with Crippen LogP contribution in [0, 0.1) is 11.6 Å². The molecule has 3 aromatic rings. The smallest absolute Gasteiger partial charge is 0.254 e. The highest BCUT2D eigenvalue weighted by Crippen LogP contribution is 2.22. The lowest BCUT2D eigenvalue weighted by molar-refractivity contribution is 0.0946. The summed E-state index contributed by atoms with van der Waals surface area (Å²) in [4.78, 5) is 20.3. The lowest BCUT2D eigenvalue weighted by Crippen LogP contribution is -2.24. The second-order valence-electron chi connectivity index (χ2n) is 4.69. The fraction of sp³-hybridized carbons (Fsp3) is 0.0625. The van der Waals surface area contributed by atoms with Gasteiger partial charge in [0.2, 0.25) is 0 Å². The summed E-state index contributed by atoms with van der Waals surface area (Å²) in [5, 5.41) is 5.10. The molecule has 1 aromatic carbocycles. The van der Waals surface area contributed by atoms with Crippen LogP contribution in [-0.2, 0) is 6.54 Å². The van der Waals surface area contributed by atoms with Gasteiger partial charge in [-0.1, -0.05) is 0 Å². The van der Waals surface area contributed by atoms with Gasteiger partial charge in [-0.2, -0.15) is 0 Å². The summed E-state index contributed by atoms with van der Waals surface area (Å²) in [5.74, 6) is -2.11. The molecule has 2 aromatic heterocycles. The molecule has 1 amide bonds. The van der Waals surface area contributed by atoms with Crippen LogP contribution in [0.25, 0.3) is 10.6 Å². The Morgan fingerprint density at radius 1 is 1.26 bits per heavy atom. The van der Waals surface area contributed by atoms with Gasteiger partial charge in [-0.15, -0.1) is 11.3 Å². The first kappa shape index (κ1) is 15.2. The van der Waals surface area contributed by atoms with Crippen LogP contribution in [0.2, 0.25) is 0 Å². The van der Waals surface area contributed by atoms with E-state index in [1.807, 2.05) is 12.1 Å². The van der Waals surface area contributed by atoms with Gasteiger partial charge in [-0.3, -0.25) is 9.78 Å². The number of rotatable bonds is 4. The second kappa shape index (κ2) is 6.62. The van der Waals surface area contributed by atoms with Crippen molar-refractivity contribution in [2.24, 2.45) is 0 Å². The Balaban J connectivity index is 1.68. The van der Waals surface area contributed by atoms with E-state index in [2.05, 4.69) is 15.3 Å². The van der Waals surface area contributed by atoms with E-state index in [1.165, 1.54) is 11.3 Å². The molecular weight excluding hydrogens is 320 g/mol. The summed E-state index contributed by atoms with van der Waals surface area (Å²) in [7, 11) is 0. The number of carbonyl (C=O) groups is 1. The third-order valence-corrected chi connectivity index (χ3v) is 4.00. The fourth-order valence-corrected chi connectivity index (χ4v) is 2.76. The van der Waals surface area contributed by atoms with Crippen molar-refractivity contribution in [1.82, 2.24) is 15.3 Å². The fourth-order valence-electron chi connectivity index (χ4n) is 1.95. The van der Waals surface area contributed by atoms with Crippen LogP contribution < -0.4 is 5.32 Å². The molecule has 0 aliphatic carbocycles. The molecular formula is C16H11F2N3OS. The van der Waals surface area contributed by atoms with Gasteiger partial charge in [0.15, 0.2) is 0 Å². The minimum atomic E-state index is -0.766. The minimum Gasteiger partial charge on any atom is -0.346 e. The molecule has 0 fully saturated rings. The van der Waals surface area contributed by atoms with E-state index in [1.54, 1.807) is 17.8 Å². The van der Waals surface area contributed by atoms with Crippen molar-refractivity contribution in [3.63, 3.8) is 0 Å². The summed E-state index contributed by atoms with van der Waals surface area (Å²) in [6.07, 6.45) is 3.37. The molecule has 1 N–H and O–H groups in total. The number of thiazole rings is 1. The van der Waals surface area contributed by atoms with Crippen molar-refractivity contribution >= 4 is 17.2 Å². The van der Waals surface area contributed by atoms with Crippen LogP contribution >= 0.6 is 11.3 Å². The maximum absolute atomic E-state index is 13.5. The number of pyridine rings is 1. The van der Waals surface area contributed by atoms with Crippen LogP contribution in [0.3, 0.4) is 0 Å². The van der Waals surface area contributed by atoms with Gasteiger partial charge in [-0.25, -0.2) is 13.8 Å². The maximum atomic E-state index is 13.5. The quantitative estimate of drug-likeness (QED) is 0.797. The number of nitrogens with zero attached hydrogens (tertiary/aromatic N) is 2. The zero-order valence-electron chi connectivity index (χ0n) is 11.8. The molecule has 0 aliphatic rings. The molecule has 0 bridgehead atoms. The number of benzene rings is 1. The Morgan fingerprint density at radius 3 is 2.91 bits per heavy atom. The van der Waals surface area contributed by atoms with E-state index in [4.69, 9.17) is 0 Å². The van der Waals surface area contributed by atoms with Gasteiger partial charge in [0.1, 0.15) is 16.6 Å². The average Bonchev–Trinajstić information content (AvgIpc) is 3.05. The zero-order chi connectivity index (χ0) is 16.2. The Labute approximate surface area is 134 Å². The molecule has 23 heavy (non-hydrogen) atoms. The van der Waals surface area contributed by atoms with E-state index in [0.717, 1.165) is 28.8 Å². The van der Waals surface area contributed by atoms with Crippen LogP contribution in [0.5, 0.6) is 0 Å². The lowest BCUT2D eigenvalue weighted by atomic mass is 10.2. The van der Waals surface area contributed by atoms with Gasteiger partial charge in [0.25, 0.3) is 5.91 Å². The first-order valence-electron chi connectivity index (χ1n) is 6.71. The van der Waals surface area contributed by atoms with Crippen molar-refractivity contribution < 1.29 is 13.6 Å². The first-order chi connectivity index (χ1) is 11.1. The summed E-state index contributed by atoms with van der Waals surface area (Å²) in [6.45, 7) is 0.131. The number of hydrogen-bond donors (Lipinski definition) is 1. The van der Waals surface area contributed by atoms with Gasteiger partial charge in [0, 0.05) is 23.3 Å². The van der Waals surface area contributed by atoms with Crippen LogP contribution in [-0.4, -0.2) is 15.9 Å². The third-order valence-electron chi connectivity index (χ3n) is 3.06. The molecule has 4 nitrogen and oxygen atoms in total. The molecule has 0 aliphatic heterocycles. The van der Waals surface area contributed by atoms with Gasteiger partial charge >= 0.3 is 0 Å². The largest absolute Gasteiger partial charge is 0.346 e. The van der Waals surface area contributed by atoms with Crippen LogP contribution in [0.1, 0.15) is 16.1 Å². The van der Waals surface area contributed by atoms with Crippen molar-refractivity contribution in [3.8, 4) is 10.6 Å². The standard InChI is InChI=1S/C16H11F2N3OS/c17-11-3-4-14(18)13(6-11)15(22)20-8-12-9-23-16(21-12)10-2-1-5-19-7-10/h1-7,9H,8H2,(H,20,22). The number of aromatic nitrogens is 2. The predicted molar refractivity (Wildman–Crippen MR) is 82.9 cm³/mol. The van der Waals surface area contributed by atoms with E-state index in [9.17, 15) is 13.6 Å². The average molecular weight is 331 g/mol. The highest BCUT2D eigenvalue weighted by molar-refractivity contribution is 7.13.